The van der Waals surface area contributed by atoms with Gasteiger partial charge in [0.15, 0.2) is 0 Å². The molecular weight excluding hydrogens is 154 g/mol. The minimum atomic E-state index is 0.265. The minimum absolute atomic E-state index is 0.265. The Balaban J connectivity index is 2.95. The molecule has 0 atom stereocenters. The zero-order valence-corrected chi connectivity index (χ0v) is 7.29. The highest BCUT2D eigenvalue weighted by molar-refractivity contribution is 5.39. The van der Waals surface area contributed by atoms with Crippen molar-refractivity contribution in [1.82, 2.24) is 5.32 Å². The third-order valence-corrected chi connectivity index (χ3v) is 1.63. The summed E-state index contributed by atoms with van der Waals surface area (Å²) in [5, 5.41) is 12.2. The molecule has 0 heterocycles. The summed E-state index contributed by atoms with van der Waals surface area (Å²) in [6.45, 7) is 0.692. The number of nitrogens with one attached hydrogen (secondary N) is 1. The van der Waals surface area contributed by atoms with Crippen molar-refractivity contribution in [3.63, 3.8) is 0 Å². The van der Waals surface area contributed by atoms with Gasteiger partial charge in [-0.3, -0.25) is 0 Å². The average Bonchev–Trinajstić information content (AvgIpc) is 2.05. The van der Waals surface area contributed by atoms with E-state index in [4.69, 9.17) is 4.74 Å². The van der Waals surface area contributed by atoms with Crippen LogP contribution < -0.4 is 10.1 Å². The lowest BCUT2D eigenvalue weighted by Crippen LogP contribution is -2.06. The molecule has 3 nitrogen and oxygen atoms in total. The number of benzene rings is 1. The highest BCUT2D eigenvalue weighted by Gasteiger charge is 2.01. The van der Waals surface area contributed by atoms with E-state index in [1.165, 1.54) is 0 Å². The third kappa shape index (κ3) is 1.89. The molecule has 0 bridgehead atoms. The van der Waals surface area contributed by atoms with Gasteiger partial charge < -0.3 is 15.2 Å². The van der Waals surface area contributed by atoms with Crippen LogP contribution in [0.5, 0.6) is 11.5 Å². The van der Waals surface area contributed by atoms with E-state index in [2.05, 4.69) is 5.32 Å². The highest BCUT2D eigenvalue weighted by atomic mass is 16.5. The Morgan fingerprint density at radius 2 is 2.25 bits per heavy atom. The second-order valence-electron chi connectivity index (χ2n) is 2.53. The second kappa shape index (κ2) is 3.97. The van der Waals surface area contributed by atoms with Gasteiger partial charge in [0.25, 0.3) is 0 Å². The molecule has 0 fully saturated rings. The van der Waals surface area contributed by atoms with Crippen LogP contribution in [0, 0.1) is 0 Å². The summed E-state index contributed by atoms with van der Waals surface area (Å²) in [6, 6.07) is 5.05. The van der Waals surface area contributed by atoms with Crippen molar-refractivity contribution in [3.05, 3.63) is 23.8 Å². The molecule has 0 unspecified atom stereocenters. The Kier molecular flexibility index (Phi) is 2.94. The van der Waals surface area contributed by atoms with Gasteiger partial charge in [-0.2, -0.15) is 0 Å². The molecule has 1 rings (SSSR count). The van der Waals surface area contributed by atoms with E-state index in [9.17, 15) is 5.11 Å². The maximum atomic E-state index is 9.18. The fourth-order valence-corrected chi connectivity index (χ4v) is 1.09. The smallest absolute Gasteiger partial charge is 0.123 e. The van der Waals surface area contributed by atoms with Crippen molar-refractivity contribution in [3.8, 4) is 11.5 Å². The molecule has 2 N–H and O–H groups in total. The van der Waals surface area contributed by atoms with Gasteiger partial charge in [-0.05, 0) is 25.2 Å². The number of rotatable bonds is 3. The molecule has 0 radical (unpaired) electrons. The van der Waals surface area contributed by atoms with E-state index in [0.29, 0.717) is 6.54 Å². The summed E-state index contributed by atoms with van der Waals surface area (Å²) in [5.41, 5.74) is 0.958. The number of hydrogen-bond donors (Lipinski definition) is 2. The number of phenolic OH excluding ortho intramolecular Hbond substituents is 1. The standard InChI is InChI=1S/C9H13NO2/c1-10-6-7-5-8(11)3-4-9(7)12-2/h3-5,10-11H,6H2,1-2H3. The second-order valence-corrected chi connectivity index (χ2v) is 2.53. The van der Waals surface area contributed by atoms with Gasteiger partial charge in [0.1, 0.15) is 11.5 Å². The van der Waals surface area contributed by atoms with Gasteiger partial charge in [-0.25, -0.2) is 0 Å². The molecule has 3 heteroatoms. The Morgan fingerprint density at radius 1 is 1.50 bits per heavy atom. The zero-order valence-electron chi connectivity index (χ0n) is 7.29. The fraction of sp³-hybridized carbons (Fsp3) is 0.333. The van der Waals surface area contributed by atoms with E-state index in [-0.39, 0.29) is 5.75 Å². The van der Waals surface area contributed by atoms with Crippen LogP contribution in [0.3, 0.4) is 0 Å². The number of methoxy groups -OCH3 is 1. The van der Waals surface area contributed by atoms with Gasteiger partial charge in [-0.15, -0.1) is 0 Å². The molecular formula is C9H13NO2. The van der Waals surface area contributed by atoms with Crippen molar-refractivity contribution in [1.29, 1.82) is 0 Å². The molecule has 0 aliphatic carbocycles. The number of aromatic hydroxyl groups is 1. The van der Waals surface area contributed by atoms with Crippen LogP contribution in [0.4, 0.5) is 0 Å². The molecule has 1 aromatic carbocycles. The third-order valence-electron chi connectivity index (χ3n) is 1.63. The Hall–Kier alpha value is -1.22. The summed E-state index contributed by atoms with van der Waals surface area (Å²) in [6.07, 6.45) is 0. The minimum Gasteiger partial charge on any atom is -0.508 e. The quantitative estimate of drug-likeness (QED) is 0.708. The lowest BCUT2D eigenvalue weighted by molar-refractivity contribution is 0.405. The Bertz CT molecular complexity index is 261. The number of hydrogen-bond acceptors (Lipinski definition) is 3. The molecule has 0 saturated heterocycles. The topological polar surface area (TPSA) is 41.5 Å². The van der Waals surface area contributed by atoms with Crippen LogP contribution in [-0.2, 0) is 6.54 Å². The lowest BCUT2D eigenvalue weighted by atomic mass is 10.2. The van der Waals surface area contributed by atoms with Gasteiger partial charge in [0, 0.05) is 12.1 Å². The van der Waals surface area contributed by atoms with E-state index in [1.54, 1.807) is 25.3 Å². The van der Waals surface area contributed by atoms with E-state index >= 15 is 0 Å². The van der Waals surface area contributed by atoms with E-state index in [1.807, 2.05) is 7.05 Å². The highest BCUT2D eigenvalue weighted by Crippen LogP contribution is 2.22. The normalized spacial score (nSPS) is 9.83. The van der Waals surface area contributed by atoms with Gasteiger partial charge in [-0.1, -0.05) is 0 Å². The maximum absolute atomic E-state index is 9.18. The maximum Gasteiger partial charge on any atom is 0.123 e. The largest absolute Gasteiger partial charge is 0.508 e. The van der Waals surface area contributed by atoms with Crippen molar-refractivity contribution >= 4 is 0 Å². The Morgan fingerprint density at radius 3 is 2.83 bits per heavy atom. The fourth-order valence-electron chi connectivity index (χ4n) is 1.09. The average molecular weight is 167 g/mol. The molecule has 0 aliphatic rings. The molecule has 0 spiro atoms. The van der Waals surface area contributed by atoms with Crippen molar-refractivity contribution in [2.24, 2.45) is 0 Å². The van der Waals surface area contributed by atoms with Crippen LogP contribution in [0.25, 0.3) is 0 Å². The first-order chi connectivity index (χ1) is 5.77. The molecule has 0 saturated carbocycles. The van der Waals surface area contributed by atoms with Gasteiger partial charge in [0.2, 0.25) is 0 Å². The predicted octanol–water partition coefficient (Wildman–Crippen LogP) is 1.12. The molecule has 0 aromatic heterocycles. The summed E-state index contributed by atoms with van der Waals surface area (Å²) in [4.78, 5) is 0. The molecule has 0 amide bonds. The van der Waals surface area contributed by atoms with Crippen molar-refractivity contribution < 1.29 is 9.84 Å². The summed E-state index contributed by atoms with van der Waals surface area (Å²) in [5.74, 6) is 1.06. The first-order valence-corrected chi connectivity index (χ1v) is 3.78. The van der Waals surface area contributed by atoms with Crippen LogP contribution in [-0.4, -0.2) is 19.3 Å². The van der Waals surface area contributed by atoms with E-state index in [0.717, 1.165) is 11.3 Å². The SMILES string of the molecule is CNCc1cc(O)ccc1OC. The number of ether oxygens (including phenoxy) is 1. The molecule has 1 aromatic rings. The zero-order chi connectivity index (χ0) is 8.97. The van der Waals surface area contributed by atoms with Crippen LogP contribution in [0.1, 0.15) is 5.56 Å². The van der Waals surface area contributed by atoms with Crippen molar-refractivity contribution in [2.45, 2.75) is 6.54 Å². The summed E-state index contributed by atoms with van der Waals surface area (Å²) >= 11 is 0. The monoisotopic (exact) mass is 167 g/mol. The summed E-state index contributed by atoms with van der Waals surface area (Å²) < 4.78 is 5.10. The predicted molar refractivity (Wildman–Crippen MR) is 47.4 cm³/mol. The van der Waals surface area contributed by atoms with Crippen molar-refractivity contribution in [2.75, 3.05) is 14.2 Å². The number of phenols is 1. The first kappa shape index (κ1) is 8.87. The summed E-state index contributed by atoms with van der Waals surface area (Å²) in [7, 11) is 3.47. The van der Waals surface area contributed by atoms with Crippen LogP contribution >= 0.6 is 0 Å². The van der Waals surface area contributed by atoms with Gasteiger partial charge in [0.05, 0.1) is 7.11 Å². The Labute approximate surface area is 72.0 Å². The van der Waals surface area contributed by atoms with Crippen LogP contribution in [0.15, 0.2) is 18.2 Å². The first-order valence-electron chi connectivity index (χ1n) is 3.78. The molecule has 0 aliphatic heterocycles. The van der Waals surface area contributed by atoms with E-state index < -0.39 is 0 Å². The van der Waals surface area contributed by atoms with Crippen LogP contribution in [0.2, 0.25) is 0 Å². The molecule has 12 heavy (non-hydrogen) atoms. The van der Waals surface area contributed by atoms with Gasteiger partial charge >= 0.3 is 0 Å². The molecule has 66 valence electrons. The lowest BCUT2D eigenvalue weighted by Gasteiger charge is -2.07.